The Bertz CT molecular complexity index is 448. The van der Waals surface area contributed by atoms with Crippen molar-refractivity contribution in [1.82, 2.24) is 4.90 Å². The van der Waals surface area contributed by atoms with E-state index in [0.29, 0.717) is 4.47 Å². The van der Waals surface area contributed by atoms with Crippen molar-refractivity contribution in [1.29, 1.82) is 5.26 Å². The molecular weight excluding hydrogens is 295 g/mol. The van der Waals surface area contributed by atoms with Crippen LogP contribution in [0.25, 0.3) is 0 Å². The molecule has 0 spiro atoms. The summed E-state index contributed by atoms with van der Waals surface area (Å²) >= 11 is 3.18. The molecule has 1 unspecified atom stereocenters. The van der Waals surface area contributed by atoms with Gasteiger partial charge in [-0.15, -0.1) is 0 Å². The first kappa shape index (κ1) is 13.5. The highest BCUT2D eigenvalue weighted by atomic mass is 79.9. The van der Waals surface area contributed by atoms with Crippen molar-refractivity contribution in [3.8, 4) is 6.07 Å². The Hall–Kier alpha value is -0.920. The van der Waals surface area contributed by atoms with Gasteiger partial charge in [0.05, 0.1) is 10.5 Å². The Morgan fingerprint density at radius 2 is 1.89 bits per heavy atom. The monoisotopic (exact) mass is 310 g/mol. The van der Waals surface area contributed by atoms with Crippen LogP contribution in [0.3, 0.4) is 0 Å². The van der Waals surface area contributed by atoms with Crippen molar-refractivity contribution in [3.05, 3.63) is 34.1 Å². The standard InChI is InChI=1S/C14H16BrFN2/c15-12-9-11(5-6-13(12)16)14(10-17)18-7-3-1-2-4-8-18/h5-6,9,14H,1-4,7-8H2. The van der Waals surface area contributed by atoms with Crippen LogP contribution in [0, 0.1) is 17.1 Å². The lowest BCUT2D eigenvalue weighted by Crippen LogP contribution is -2.28. The molecule has 1 saturated heterocycles. The number of rotatable bonds is 2. The van der Waals surface area contributed by atoms with Crippen molar-refractivity contribution in [3.63, 3.8) is 0 Å². The van der Waals surface area contributed by atoms with Crippen molar-refractivity contribution in [2.24, 2.45) is 0 Å². The van der Waals surface area contributed by atoms with Gasteiger partial charge in [-0.1, -0.05) is 18.9 Å². The summed E-state index contributed by atoms with van der Waals surface area (Å²) in [6.45, 7) is 1.90. The van der Waals surface area contributed by atoms with Crippen LogP contribution in [0.2, 0.25) is 0 Å². The minimum absolute atomic E-state index is 0.264. The molecule has 0 saturated carbocycles. The van der Waals surface area contributed by atoms with Gasteiger partial charge in [0.15, 0.2) is 0 Å². The first-order chi connectivity index (χ1) is 8.72. The van der Waals surface area contributed by atoms with Gasteiger partial charge in [0.1, 0.15) is 11.9 Å². The average molecular weight is 311 g/mol. The van der Waals surface area contributed by atoms with E-state index in [1.165, 1.54) is 18.9 Å². The number of halogens is 2. The van der Waals surface area contributed by atoms with E-state index in [2.05, 4.69) is 26.9 Å². The second-order valence-corrected chi connectivity index (χ2v) is 5.51. The van der Waals surface area contributed by atoms with E-state index < -0.39 is 0 Å². The molecule has 1 atom stereocenters. The zero-order valence-electron chi connectivity index (χ0n) is 10.2. The van der Waals surface area contributed by atoms with E-state index in [0.717, 1.165) is 31.5 Å². The van der Waals surface area contributed by atoms with Crippen molar-refractivity contribution in [2.45, 2.75) is 31.7 Å². The first-order valence-electron chi connectivity index (χ1n) is 6.31. The zero-order valence-corrected chi connectivity index (χ0v) is 11.8. The Kier molecular flexibility index (Phi) is 4.73. The predicted octanol–water partition coefficient (Wildman–Crippen LogP) is 4.03. The molecule has 2 rings (SSSR count). The van der Waals surface area contributed by atoms with Gasteiger partial charge in [-0.2, -0.15) is 5.26 Å². The Labute approximate surface area is 116 Å². The predicted molar refractivity (Wildman–Crippen MR) is 72.5 cm³/mol. The molecule has 0 radical (unpaired) electrons. The van der Waals surface area contributed by atoms with Crippen LogP contribution in [0.15, 0.2) is 22.7 Å². The third kappa shape index (κ3) is 3.09. The molecule has 1 aromatic rings. The van der Waals surface area contributed by atoms with E-state index in [1.807, 2.05) is 0 Å². The molecule has 1 fully saturated rings. The Balaban J connectivity index is 2.21. The molecule has 96 valence electrons. The maximum atomic E-state index is 13.2. The van der Waals surface area contributed by atoms with Crippen LogP contribution in [0.5, 0.6) is 0 Å². The highest BCUT2D eigenvalue weighted by Crippen LogP contribution is 2.27. The van der Waals surface area contributed by atoms with Crippen LogP contribution in [-0.2, 0) is 0 Å². The quantitative estimate of drug-likeness (QED) is 0.824. The maximum Gasteiger partial charge on any atom is 0.137 e. The van der Waals surface area contributed by atoms with Crippen LogP contribution >= 0.6 is 15.9 Å². The van der Waals surface area contributed by atoms with E-state index in [9.17, 15) is 9.65 Å². The Morgan fingerprint density at radius 3 is 2.44 bits per heavy atom. The topological polar surface area (TPSA) is 27.0 Å². The molecule has 0 bridgehead atoms. The Morgan fingerprint density at radius 1 is 1.22 bits per heavy atom. The van der Waals surface area contributed by atoms with E-state index in [-0.39, 0.29) is 11.9 Å². The summed E-state index contributed by atoms with van der Waals surface area (Å²) < 4.78 is 13.7. The van der Waals surface area contributed by atoms with Crippen molar-refractivity contribution in [2.75, 3.05) is 13.1 Å². The number of benzene rings is 1. The van der Waals surface area contributed by atoms with Gasteiger partial charge in [-0.25, -0.2) is 4.39 Å². The molecule has 2 nitrogen and oxygen atoms in total. The fraction of sp³-hybridized carbons (Fsp3) is 0.500. The lowest BCUT2D eigenvalue weighted by molar-refractivity contribution is 0.245. The molecule has 0 aliphatic carbocycles. The molecule has 0 N–H and O–H groups in total. The summed E-state index contributed by atoms with van der Waals surface area (Å²) in [5.41, 5.74) is 0.868. The summed E-state index contributed by atoms with van der Waals surface area (Å²) in [6, 6.07) is 6.92. The number of likely N-dealkylation sites (tertiary alicyclic amines) is 1. The van der Waals surface area contributed by atoms with Crippen LogP contribution in [0.1, 0.15) is 37.3 Å². The molecule has 1 aromatic carbocycles. The SMILES string of the molecule is N#CC(c1ccc(F)c(Br)c1)N1CCCCCC1. The third-order valence-corrected chi connectivity index (χ3v) is 4.00. The smallest absolute Gasteiger partial charge is 0.137 e. The highest BCUT2D eigenvalue weighted by molar-refractivity contribution is 9.10. The summed E-state index contributed by atoms with van der Waals surface area (Å²) in [5.74, 6) is -0.286. The molecular formula is C14H16BrFN2. The van der Waals surface area contributed by atoms with Gasteiger partial charge >= 0.3 is 0 Å². The van der Waals surface area contributed by atoms with E-state index >= 15 is 0 Å². The van der Waals surface area contributed by atoms with Gasteiger partial charge in [0.25, 0.3) is 0 Å². The van der Waals surface area contributed by atoms with Crippen LogP contribution < -0.4 is 0 Å². The minimum Gasteiger partial charge on any atom is -0.284 e. The van der Waals surface area contributed by atoms with Gasteiger partial charge in [-0.05, 0) is 59.6 Å². The first-order valence-corrected chi connectivity index (χ1v) is 7.10. The number of hydrogen-bond donors (Lipinski definition) is 0. The second kappa shape index (κ2) is 6.31. The van der Waals surface area contributed by atoms with Crippen LogP contribution in [0.4, 0.5) is 4.39 Å². The lowest BCUT2D eigenvalue weighted by Gasteiger charge is -2.25. The molecule has 18 heavy (non-hydrogen) atoms. The van der Waals surface area contributed by atoms with Gasteiger partial charge < -0.3 is 0 Å². The fourth-order valence-electron chi connectivity index (χ4n) is 2.40. The molecule has 1 aliphatic heterocycles. The van der Waals surface area contributed by atoms with Crippen molar-refractivity contribution >= 4 is 15.9 Å². The van der Waals surface area contributed by atoms with Gasteiger partial charge in [0, 0.05) is 0 Å². The zero-order chi connectivity index (χ0) is 13.0. The largest absolute Gasteiger partial charge is 0.284 e. The second-order valence-electron chi connectivity index (χ2n) is 4.66. The summed E-state index contributed by atoms with van der Waals surface area (Å²) in [7, 11) is 0. The van der Waals surface area contributed by atoms with Crippen LogP contribution in [-0.4, -0.2) is 18.0 Å². The third-order valence-electron chi connectivity index (χ3n) is 3.39. The summed E-state index contributed by atoms with van der Waals surface area (Å²) in [4.78, 5) is 2.20. The number of hydrogen-bond acceptors (Lipinski definition) is 2. The van der Waals surface area contributed by atoms with Gasteiger partial charge in [-0.3, -0.25) is 4.90 Å². The average Bonchev–Trinajstić information content (AvgIpc) is 2.64. The lowest BCUT2D eigenvalue weighted by atomic mass is 10.1. The number of nitriles is 1. The molecule has 1 heterocycles. The fourth-order valence-corrected chi connectivity index (χ4v) is 2.80. The molecule has 0 amide bonds. The molecule has 0 aromatic heterocycles. The maximum absolute atomic E-state index is 13.2. The van der Waals surface area contributed by atoms with Gasteiger partial charge in [0.2, 0.25) is 0 Å². The summed E-state index contributed by atoms with van der Waals surface area (Å²) in [6.07, 6.45) is 4.75. The van der Waals surface area contributed by atoms with Crippen molar-refractivity contribution < 1.29 is 4.39 Å². The molecule has 4 heteroatoms. The van der Waals surface area contributed by atoms with E-state index in [1.54, 1.807) is 12.1 Å². The minimum atomic E-state index is -0.286. The number of nitrogens with zero attached hydrogens (tertiary/aromatic N) is 2. The van der Waals surface area contributed by atoms with E-state index in [4.69, 9.17) is 0 Å². The normalized spacial score (nSPS) is 18.9. The molecule has 1 aliphatic rings. The highest BCUT2D eigenvalue weighted by Gasteiger charge is 2.21. The summed E-state index contributed by atoms with van der Waals surface area (Å²) in [5, 5.41) is 9.38.